The standard InChI is InChI=1S/C14H18ClN3O/c1-3-16-8-4-5-13-17-18-14(19-13)11-7-6-10(2)12(15)9-11/h6-7,9,16H,3-5,8H2,1-2H3. The Balaban J connectivity index is 2.01. The van der Waals surface area contributed by atoms with Gasteiger partial charge in [0.2, 0.25) is 11.8 Å². The molecule has 0 saturated carbocycles. The molecule has 0 unspecified atom stereocenters. The van der Waals surface area contributed by atoms with Crippen molar-refractivity contribution < 1.29 is 4.42 Å². The zero-order chi connectivity index (χ0) is 13.7. The van der Waals surface area contributed by atoms with Crippen LogP contribution in [0.2, 0.25) is 5.02 Å². The predicted molar refractivity (Wildman–Crippen MR) is 76.3 cm³/mol. The third kappa shape index (κ3) is 3.78. The van der Waals surface area contributed by atoms with Crippen LogP contribution < -0.4 is 5.32 Å². The van der Waals surface area contributed by atoms with Crippen molar-refractivity contribution >= 4 is 11.6 Å². The molecule has 0 amide bonds. The van der Waals surface area contributed by atoms with E-state index in [4.69, 9.17) is 16.0 Å². The highest BCUT2D eigenvalue weighted by atomic mass is 35.5. The average molecular weight is 280 g/mol. The lowest BCUT2D eigenvalue weighted by molar-refractivity contribution is 0.492. The van der Waals surface area contributed by atoms with Crippen LogP contribution in [0.3, 0.4) is 0 Å². The summed E-state index contributed by atoms with van der Waals surface area (Å²) in [5, 5.41) is 12.1. The number of aryl methyl sites for hydroxylation is 2. The molecule has 2 rings (SSSR count). The zero-order valence-corrected chi connectivity index (χ0v) is 12.0. The van der Waals surface area contributed by atoms with Crippen molar-refractivity contribution in [2.45, 2.75) is 26.7 Å². The van der Waals surface area contributed by atoms with Crippen LogP contribution >= 0.6 is 11.6 Å². The molecule has 0 fully saturated rings. The smallest absolute Gasteiger partial charge is 0.247 e. The second-order valence-electron chi connectivity index (χ2n) is 4.42. The van der Waals surface area contributed by atoms with Gasteiger partial charge in [-0.3, -0.25) is 0 Å². The van der Waals surface area contributed by atoms with E-state index in [0.29, 0.717) is 16.8 Å². The monoisotopic (exact) mass is 279 g/mol. The third-order valence-corrected chi connectivity index (χ3v) is 3.29. The number of aromatic nitrogens is 2. The van der Waals surface area contributed by atoms with Crippen LogP contribution in [0, 0.1) is 6.92 Å². The molecule has 0 aliphatic heterocycles. The van der Waals surface area contributed by atoms with Gasteiger partial charge in [0.15, 0.2) is 0 Å². The number of hydrogen-bond donors (Lipinski definition) is 1. The van der Waals surface area contributed by atoms with Crippen molar-refractivity contribution in [2.24, 2.45) is 0 Å². The van der Waals surface area contributed by atoms with E-state index in [0.717, 1.165) is 37.1 Å². The van der Waals surface area contributed by atoms with Crippen LogP contribution in [0.4, 0.5) is 0 Å². The first kappa shape index (κ1) is 14.0. The van der Waals surface area contributed by atoms with E-state index in [9.17, 15) is 0 Å². The molecule has 0 radical (unpaired) electrons. The first-order chi connectivity index (χ1) is 9.20. The van der Waals surface area contributed by atoms with Gasteiger partial charge in [0, 0.05) is 17.0 Å². The molecule has 1 heterocycles. The minimum atomic E-state index is 0.528. The average Bonchev–Trinajstić information content (AvgIpc) is 2.87. The van der Waals surface area contributed by atoms with E-state index >= 15 is 0 Å². The molecule has 0 bridgehead atoms. The minimum Gasteiger partial charge on any atom is -0.421 e. The molecule has 4 nitrogen and oxygen atoms in total. The van der Waals surface area contributed by atoms with E-state index in [-0.39, 0.29) is 0 Å². The van der Waals surface area contributed by atoms with Crippen LogP contribution in [-0.4, -0.2) is 23.3 Å². The fourth-order valence-corrected chi connectivity index (χ4v) is 1.92. The molecule has 1 N–H and O–H groups in total. The SMILES string of the molecule is CCNCCCc1nnc(-c2ccc(C)c(Cl)c2)o1. The molecule has 1 aromatic heterocycles. The molecule has 0 aliphatic rings. The summed E-state index contributed by atoms with van der Waals surface area (Å²) in [5.74, 6) is 1.20. The van der Waals surface area contributed by atoms with Gasteiger partial charge < -0.3 is 9.73 Å². The number of benzene rings is 1. The number of nitrogens with one attached hydrogen (secondary N) is 1. The van der Waals surface area contributed by atoms with E-state index in [1.807, 2.05) is 25.1 Å². The number of rotatable bonds is 6. The maximum absolute atomic E-state index is 6.09. The molecule has 19 heavy (non-hydrogen) atoms. The Labute approximate surface area is 118 Å². The molecule has 0 atom stereocenters. The first-order valence-electron chi connectivity index (χ1n) is 6.50. The predicted octanol–water partition coefficient (Wildman–Crippen LogP) is 3.24. The summed E-state index contributed by atoms with van der Waals surface area (Å²) in [5.41, 5.74) is 1.90. The second-order valence-corrected chi connectivity index (χ2v) is 4.83. The van der Waals surface area contributed by atoms with E-state index in [1.54, 1.807) is 0 Å². The summed E-state index contributed by atoms with van der Waals surface area (Å²) < 4.78 is 5.64. The maximum atomic E-state index is 6.09. The van der Waals surface area contributed by atoms with Crippen molar-refractivity contribution in [1.82, 2.24) is 15.5 Å². The Morgan fingerprint density at radius 1 is 1.32 bits per heavy atom. The molecule has 102 valence electrons. The molecule has 0 saturated heterocycles. The van der Waals surface area contributed by atoms with Crippen molar-refractivity contribution in [3.8, 4) is 11.5 Å². The van der Waals surface area contributed by atoms with E-state index in [2.05, 4.69) is 22.4 Å². The van der Waals surface area contributed by atoms with Crippen molar-refractivity contribution in [3.05, 3.63) is 34.7 Å². The fraction of sp³-hybridized carbons (Fsp3) is 0.429. The normalized spacial score (nSPS) is 10.9. The number of nitrogens with zero attached hydrogens (tertiary/aromatic N) is 2. The Bertz CT molecular complexity index is 539. The Morgan fingerprint density at radius 3 is 2.89 bits per heavy atom. The molecular weight excluding hydrogens is 262 g/mol. The largest absolute Gasteiger partial charge is 0.421 e. The van der Waals surface area contributed by atoms with Gasteiger partial charge in [-0.15, -0.1) is 10.2 Å². The van der Waals surface area contributed by atoms with Gasteiger partial charge in [-0.05, 0) is 44.1 Å². The van der Waals surface area contributed by atoms with Gasteiger partial charge in [0.25, 0.3) is 0 Å². The highest BCUT2D eigenvalue weighted by molar-refractivity contribution is 6.31. The second kappa shape index (κ2) is 6.68. The molecule has 5 heteroatoms. The summed E-state index contributed by atoms with van der Waals surface area (Å²) in [6, 6.07) is 5.75. The molecule has 1 aromatic carbocycles. The van der Waals surface area contributed by atoms with Crippen molar-refractivity contribution in [2.75, 3.05) is 13.1 Å². The van der Waals surface area contributed by atoms with Gasteiger partial charge in [-0.1, -0.05) is 24.6 Å². The highest BCUT2D eigenvalue weighted by Gasteiger charge is 2.09. The fourth-order valence-electron chi connectivity index (χ4n) is 1.74. The van der Waals surface area contributed by atoms with Crippen LogP contribution in [0.15, 0.2) is 22.6 Å². The van der Waals surface area contributed by atoms with Gasteiger partial charge in [-0.25, -0.2) is 0 Å². The minimum absolute atomic E-state index is 0.528. The van der Waals surface area contributed by atoms with Gasteiger partial charge in [0.05, 0.1) is 0 Å². The van der Waals surface area contributed by atoms with Crippen molar-refractivity contribution in [1.29, 1.82) is 0 Å². The highest BCUT2D eigenvalue weighted by Crippen LogP contribution is 2.24. The van der Waals surface area contributed by atoms with E-state index < -0.39 is 0 Å². The lowest BCUT2D eigenvalue weighted by atomic mass is 10.1. The van der Waals surface area contributed by atoms with Crippen molar-refractivity contribution in [3.63, 3.8) is 0 Å². The van der Waals surface area contributed by atoms with Crippen LogP contribution in [0.25, 0.3) is 11.5 Å². The Morgan fingerprint density at radius 2 is 2.16 bits per heavy atom. The summed E-state index contributed by atoms with van der Waals surface area (Å²) in [6.45, 7) is 6.00. The summed E-state index contributed by atoms with van der Waals surface area (Å²) in [7, 11) is 0. The molecule has 0 aliphatic carbocycles. The summed E-state index contributed by atoms with van der Waals surface area (Å²) in [6.07, 6.45) is 1.78. The topological polar surface area (TPSA) is 51.0 Å². The summed E-state index contributed by atoms with van der Waals surface area (Å²) >= 11 is 6.09. The van der Waals surface area contributed by atoms with Gasteiger partial charge >= 0.3 is 0 Å². The van der Waals surface area contributed by atoms with Crippen LogP contribution in [0.5, 0.6) is 0 Å². The molecule has 2 aromatic rings. The zero-order valence-electron chi connectivity index (χ0n) is 11.2. The molecule has 0 spiro atoms. The number of hydrogen-bond acceptors (Lipinski definition) is 4. The van der Waals surface area contributed by atoms with Crippen LogP contribution in [0.1, 0.15) is 24.8 Å². The van der Waals surface area contributed by atoms with Gasteiger partial charge in [0.1, 0.15) is 0 Å². The maximum Gasteiger partial charge on any atom is 0.247 e. The lowest BCUT2D eigenvalue weighted by Crippen LogP contribution is -2.14. The van der Waals surface area contributed by atoms with E-state index in [1.165, 1.54) is 0 Å². The lowest BCUT2D eigenvalue weighted by Gasteiger charge is -1.99. The summed E-state index contributed by atoms with van der Waals surface area (Å²) in [4.78, 5) is 0. The van der Waals surface area contributed by atoms with Gasteiger partial charge in [-0.2, -0.15) is 0 Å². The Hall–Kier alpha value is -1.39. The first-order valence-corrected chi connectivity index (χ1v) is 6.88. The van der Waals surface area contributed by atoms with Crippen LogP contribution in [-0.2, 0) is 6.42 Å². The Kier molecular flexibility index (Phi) is 4.93. The quantitative estimate of drug-likeness (QED) is 0.825. The third-order valence-electron chi connectivity index (χ3n) is 2.88. The molecular formula is C14H18ClN3O. The number of halogens is 1.